The van der Waals surface area contributed by atoms with Crippen LogP contribution in [0.5, 0.6) is 0 Å². The summed E-state index contributed by atoms with van der Waals surface area (Å²) in [5, 5.41) is 1.60. The second-order valence-electron chi connectivity index (χ2n) is 6.29. The Labute approximate surface area is 125 Å². The maximum Gasteiger partial charge on any atom is 0.172 e. The van der Waals surface area contributed by atoms with Crippen molar-refractivity contribution >= 4 is 19.9 Å². The predicted octanol–water partition coefficient (Wildman–Crippen LogP) is 5.54. The van der Waals surface area contributed by atoms with Crippen molar-refractivity contribution in [2.24, 2.45) is 0 Å². The van der Waals surface area contributed by atoms with Crippen molar-refractivity contribution in [3.63, 3.8) is 0 Å². The van der Waals surface area contributed by atoms with E-state index in [4.69, 9.17) is 4.34 Å². The third kappa shape index (κ3) is 2.31. The van der Waals surface area contributed by atoms with Crippen LogP contribution < -0.4 is 0 Å². The summed E-state index contributed by atoms with van der Waals surface area (Å²) >= 11 is 0. The molecule has 0 aromatic heterocycles. The summed E-state index contributed by atoms with van der Waals surface area (Å²) in [5.74, 6) is 0. The van der Waals surface area contributed by atoms with Gasteiger partial charge in [0.05, 0.1) is 0 Å². The number of hydrogen-bond acceptors (Lipinski definition) is 1. The van der Waals surface area contributed by atoms with E-state index in [1.807, 2.05) is 0 Å². The molecule has 2 rings (SSSR count). The minimum Gasteiger partial charge on any atom is -0.628 e. The molecule has 1 aliphatic rings. The van der Waals surface area contributed by atoms with Crippen molar-refractivity contribution in [1.82, 2.24) is 0 Å². The summed E-state index contributed by atoms with van der Waals surface area (Å²) in [6, 6.07) is 12.1. The van der Waals surface area contributed by atoms with Gasteiger partial charge in [-0.2, -0.15) is 12.6 Å². The zero-order valence-electron chi connectivity index (χ0n) is 13.7. The Morgan fingerprint density at radius 1 is 1.00 bits per heavy atom. The molecular formula is C17H28BOSi-. The maximum absolute atomic E-state index is 6.88. The number of rotatable bonds is 5. The molecule has 0 N–H and O–H groups in total. The first-order chi connectivity index (χ1) is 9.56. The zero-order valence-corrected chi connectivity index (χ0v) is 14.7. The van der Waals surface area contributed by atoms with Crippen molar-refractivity contribution in [1.29, 1.82) is 0 Å². The van der Waals surface area contributed by atoms with Gasteiger partial charge in [-0.1, -0.05) is 69.6 Å². The second kappa shape index (κ2) is 5.90. The van der Waals surface area contributed by atoms with E-state index < -0.39 is 14.7 Å². The molecule has 1 aromatic carbocycles. The van der Waals surface area contributed by atoms with Gasteiger partial charge in [0.15, 0.2) is 8.32 Å². The summed E-state index contributed by atoms with van der Waals surface area (Å²) < 4.78 is 6.88. The van der Waals surface area contributed by atoms with Gasteiger partial charge in [0.25, 0.3) is 0 Å². The van der Waals surface area contributed by atoms with Crippen LogP contribution in [0.1, 0.15) is 39.7 Å². The zero-order chi connectivity index (χ0) is 14.8. The third-order valence-corrected chi connectivity index (χ3v) is 9.40. The summed E-state index contributed by atoms with van der Waals surface area (Å²) in [4.78, 5) is 0. The lowest BCUT2D eigenvalue weighted by Gasteiger charge is -2.41. The lowest BCUT2D eigenvalue weighted by molar-refractivity contribution is 0.552. The van der Waals surface area contributed by atoms with Crippen LogP contribution in [0.3, 0.4) is 0 Å². The van der Waals surface area contributed by atoms with Crippen LogP contribution in [0.25, 0.3) is 5.20 Å². The van der Waals surface area contributed by atoms with Gasteiger partial charge < -0.3 is 4.34 Å². The fourth-order valence-electron chi connectivity index (χ4n) is 4.08. The van der Waals surface area contributed by atoms with Crippen molar-refractivity contribution in [2.45, 2.75) is 59.3 Å². The van der Waals surface area contributed by atoms with Crippen LogP contribution in [-0.2, 0) is 4.34 Å². The molecule has 1 heterocycles. The van der Waals surface area contributed by atoms with Gasteiger partial charge in [-0.3, -0.25) is 0 Å². The molecular weight excluding hydrogens is 259 g/mol. The molecule has 3 heteroatoms. The van der Waals surface area contributed by atoms with Crippen LogP contribution in [-0.4, -0.2) is 14.7 Å². The monoisotopic (exact) mass is 287 g/mol. The van der Waals surface area contributed by atoms with E-state index in [0.717, 1.165) is 19.1 Å². The fourth-order valence-corrected chi connectivity index (χ4v) is 8.09. The molecule has 0 amide bonds. The third-order valence-electron chi connectivity index (χ3n) is 5.41. The molecule has 0 fully saturated rings. The van der Waals surface area contributed by atoms with Crippen molar-refractivity contribution in [3.05, 3.63) is 41.4 Å². The van der Waals surface area contributed by atoms with E-state index in [0.29, 0.717) is 0 Å². The highest BCUT2D eigenvalue weighted by Crippen LogP contribution is 2.48. The number of hydrogen-bond donors (Lipinski definition) is 0. The molecule has 0 bridgehead atoms. The molecule has 1 aliphatic heterocycles. The first-order valence-corrected chi connectivity index (χ1v) is 10.9. The Hall–Kier alpha value is -0.798. The molecule has 0 aliphatic carbocycles. The topological polar surface area (TPSA) is 9.23 Å². The van der Waals surface area contributed by atoms with E-state index in [9.17, 15) is 0 Å². The minimum absolute atomic E-state index is 0.753. The Balaban J connectivity index is 2.67. The van der Waals surface area contributed by atoms with Gasteiger partial charge >= 0.3 is 0 Å². The molecule has 0 saturated carbocycles. The van der Waals surface area contributed by atoms with Crippen molar-refractivity contribution in [3.8, 4) is 0 Å². The van der Waals surface area contributed by atoms with Gasteiger partial charge in [-0.15, -0.1) is 0 Å². The van der Waals surface area contributed by atoms with Gasteiger partial charge in [0.2, 0.25) is 0 Å². The maximum atomic E-state index is 6.88. The van der Waals surface area contributed by atoms with E-state index in [2.05, 4.69) is 64.6 Å². The van der Waals surface area contributed by atoms with Gasteiger partial charge in [-0.25, -0.2) is 5.47 Å². The van der Waals surface area contributed by atoms with E-state index >= 15 is 0 Å². The molecule has 20 heavy (non-hydrogen) atoms. The van der Waals surface area contributed by atoms with Crippen molar-refractivity contribution < 1.29 is 4.34 Å². The van der Waals surface area contributed by atoms with E-state index in [1.165, 1.54) is 11.6 Å². The normalized spacial score (nSPS) is 25.2. The van der Waals surface area contributed by atoms with Gasteiger partial charge in [0, 0.05) is 0 Å². The van der Waals surface area contributed by atoms with Crippen molar-refractivity contribution in [2.75, 3.05) is 0 Å². The Morgan fingerprint density at radius 2 is 1.60 bits per heavy atom. The predicted molar refractivity (Wildman–Crippen MR) is 93.6 cm³/mol. The molecule has 1 aromatic rings. The van der Waals surface area contributed by atoms with Crippen LogP contribution in [0.15, 0.2) is 35.8 Å². The van der Waals surface area contributed by atoms with Crippen LogP contribution in [0, 0.1) is 0 Å². The molecule has 0 radical (unpaired) electrons. The van der Waals surface area contributed by atoms with Gasteiger partial charge in [0.1, 0.15) is 6.35 Å². The summed E-state index contributed by atoms with van der Waals surface area (Å²) in [6.07, 6.45) is 2.68. The second-order valence-corrected chi connectivity index (χ2v) is 10.2. The first-order valence-electron chi connectivity index (χ1n) is 8.24. The van der Waals surface area contributed by atoms with Crippen LogP contribution in [0.4, 0.5) is 0 Å². The number of benzene rings is 1. The average molecular weight is 287 g/mol. The molecule has 1 unspecified atom stereocenters. The highest BCUT2D eigenvalue weighted by atomic mass is 28.4. The highest BCUT2D eigenvalue weighted by molar-refractivity contribution is 7.05. The Bertz CT molecular complexity index is 493. The molecule has 110 valence electrons. The largest absolute Gasteiger partial charge is 0.628 e. The first kappa shape index (κ1) is 15.6. The standard InChI is InChI=1S/C17H28BOSi/c1-6-16-17(15-13-11-10-12-14-15)20(5,9-4)19-18(16,7-2)8-3/h10-14H,6-9H2,1-5H3/q-1. The quantitative estimate of drug-likeness (QED) is 0.646. The summed E-state index contributed by atoms with van der Waals surface area (Å²) in [7, 11) is -1.78. The van der Waals surface area contributed by atoms with E-state index in [-0.39, 0.29) is 0 Å². The SMILES string of the molecule is CCC1=C(c2ccccc2)[Si](C)(CC)O[B-]1(CC)CC. The summed E-state index contributed by atoms with van der Waals surface area (Å²) in [5.41, 5.74) is 3.04. The van der Waals surface area contributed by atoms with E-state index in [1.54, 1.807) is 10.7 Å². The van der Waals surface area contributed by atoms with Crippen LogP contribution >= 0.6 is 0 Å². The highest BCUT2D eigenvalue weighted by Gasteiger charge is 2.45. The fraction of sp³-hybridized carbons (Fsp3) is 0.529. The molecule has 0 spiro atoms. The molecule has 1 atom stereocenters. The van der Waals surface area contributed by atoms with Gasteiger partial charge in [-0.05, 0) is 18.2 Å². The smallest absolute Gasteiger partial charge is 0.172 e. The lowest BCUT2D eigenvalue weighted by atomic mass is 9.31. The summed E-state index contributed by atoms with van der Waals surface area (Å²) in [6.45, 7) is 11.6. The average Bonchev–Trinajstić information content (AvgIpc) is 2.77. The minimum atomic E-state index is -1.78. The molecule has 0 saturated heterocycles. The number of allylic oxidation sites excluding steroid dienone is 1. The van der Waals surface area contributed by atoms with Crippen LogP contribution in [0.2, 0.25) is 25.2 Å². The lowest BCUT2D eigenvalue weighted by Crippen LogP contribution is -2.43. The molecule has 1 nitrogen and oxygen atoms in total. The Morgan fingerprint density at radius 3 is 2.05 bits per heavy atom. The Kier molecular flexibility index (Phi) is 4.60.